The van der Waals surface area contributed by atoms with Gasteiger partial charge in [-0.2, -0.15) is 5.10 Å². The summed E-state index contributed by atoms with van der Waals surface area (Å²) in [6.07, 6.45) is 4.24. The average Bonchev–Trinajstić information content (AvgIpc) is 3.37. The summed E-state index contributed by atoms with van der Waals surface area (Å²) in [5.74, 6) is 5.24. The molecule has 2 aliphatic rings. The number of aliphatic hydroxyl groups is 1. The molecular weight excluding hydrogens is 434 g/mol. The van der Waals surface area contributed by atoms with Crippen molar-refractivity contribution >= 4 is 17.8 Å². The number of carbonyl (C=O) groups is 2. The van der Waals surface area contributed by atoms with Gasteiger partial charge in [-0.25, -0.2) is 14.6 Å². The Kier molecular flexibility index (Phi) is 5.26. The lowest BCUT2D eigenvalue weighted by atomic mass is 10.0. The van der Waals surface area contributed by atoms with Crippen molar-refractivity contribution in [1.29, 1.82) is 0 Å². The minimum absolute atomic E-state index is 0.209. The van der Waals surface area contributed by atoms with Gasteiger partial charge in [-0.3, -0.25) is 9.59 Å². The van der Waals surface area contributed by atoms with Gasteiger partial charge in [-0.1, -0.05) is 17.9 Å². The fourth-order valence-electron chi connectivity index (χ4n) is 4.32. The molecule has 2 aliphatic heterocycles. The SMILES string of the molecule is CN1CCC(O)(C#Cc2cccc(-n3nc(C(N)=O)c4c3CCN(c3ncccn3)C4)c2)C1=O. The Morgan fingerprint density at radius 3 is 2.71 bits per heavy atom. The quantitative estimate of drug-likeness (QED) is 0.540. The molecule has 0 aliphatic carbocycles. The first kappa shape index (κ1) is 21.6. The van der Waals surface area contributed by atoms with Crippen molar-refractivity contribution in [2.45, 2.75) is 25.0 Å². The Balaban J connectivity index is 1.49. The number of fused-ring (bicyclic) bond motifs is 1. The third kappa shape index (κ3) is 3.76. The lowest BCUT2D eigenvalue weighted by Gasteiger charge is -2.27. The van der Waals surface area contributed by atoms with E-state index in [-0.39, 0.29) is 12.1 Å². The number of rotatable bonds is 3. The fourth-order valence-corrected chi connectivity index (χ4v) is 4.32. The van der Waals surface area contributed by atoms with Gasteiger partial charge in [-0.05, 0) is 24.3 Å². The lowest BCUT2D eigenvalue weighted by Crippen LogP contribution is -2.37. The molecule has 1 saturated heterocycles. The molecule has 0 bridgehead atoms. The van der Waals surface area contributed by atoms with Gasteiger partial charge in [-0.15, -0.1) is 0 Å². The van der Waals surface area contributed by atoms with E-state index in [0.29, 0.717) is 43.3 Å². The molecule has 5 rings (SSSR count). The van der Waals surface area contributed by atoms with Crippen LogP contribution in [0.15, 0.2) is 42.7 Å². The van der Waals surface area contributed by atoms with Gasteiger partial charge in [0.1, 0.15) is 0 Å². The zero-order valence-corrected chi connectivity index (χ0v) is 18.6. The van der Waals surface area contributed by atoms with Crippen LogP contribution in [-0.2, 0) is 17.8 Å². The average molecular weight is 457 g/mol. The Morgan fingerprint density at radius 2 is 2.00 bits per heavy atom. The van der Waals surface area contributed by atoms with E-state index in [9.17, 15) is 14.7 Å². The smallest absolute Gasteiger partial charge is 0.269 e. The van der Waals surface area contributed by atoms with Crippen LogP contribution in [0, 0.1) is 11.8 Å². The van der Waals surface area contributed by atoms with Crippen LogP contribution in [0.2, 0.25) is 0 Å². The van der Waals surface area contributed by atoms with Gasteiger partial charge in [0.25, 0.3) is 11.8 Å². The normalized spacial score (nSPS) is 19.5. The topological polar surface area (TPSA) is 130 Å². The van der Waals surface area contributed by atoms with Crippen LogP contribution in [0.4, 0.5) is 5.95 Å². The van der Waals surface area contributed by atoms with Crippen LogP contribution >= 0.6 is 0 Å². The van der Waals surface area contributed by atoms with Crippen molar-refractivity contribution in [3.63, 3.8) is 0 Å². The number of hydrogen-bond donors (Lipinski definition) is 2. The molecule has 3 N–H and O–H groups in total. The Bertz CT molecular complexity index is 1340. The molecule has 1 fully saturated rings. The van der Waals surface area contributed by atoms with Crippen LogP contribution in [0.25, 0.3) is 5.69 Å². The molecule has 10 nitrogen and oxygen atoms in total. The van der Waals surface area contributed by atoms with Crippen LogP contribution in [0.5, 0.6) is 0 Å². The molecule has 172 valence electrons. The lowest BCUT2D eigenvalue weighted by molar-refractivity contribution is -0.137. The third-order valence-corrected chi connectivity index (χ3v) is 6.14. The van der Waals surface area contributed by atoms with E-state index in [2.05, 4.69) is 26.9 Å². The number of primary amides is 1. The van der Waals surface area contributed by atoms with Crippen molar-refractivity contribution in [1.82, 2.24) is 24.6 Å². The molecule has 3 aromatic rings. The summed E-state index contributed by atoms with van der Waals surface area (Å²) in [5, 5.41) is 15.1. The number of likely N-dealkylation sites (N-methyl/N-ethyl adjacent to an activating group) is 1. The molecule has 0 spiro atoms. The van der Waals surface area contributed by atoms with Crippen molar-refractivity contribution in [3.05, 3.63) is 65.2 Å². The first-order valence-corrected chi connectivity index (χ1v) is 10.9. The minimum Gasteiger partial charge on any atom is -0.369 e. The maximum Gasteiger partial charge on any atom is 0.269 e. The highest BCUT2D eigenvalue weighted by Crippen LogP contribution is 2.27. The van der Waals surface area contributed by atoms with Gasteiger partial charge in [0.05, 0.1) is 17.9 Å². The summed E-state index contributed by atoms with van der Waals surface area (Å²) in [4.78, 5) is 36.4. The number of amides is 2. The monoisotopic (exact) mass is 457 g/mol. The first-order chi connectivity index (χ1) is 16.4. The zero-order chi connectivity index (χ0) is 23.9. The molecule has 1 aromatic carbocycles. The molecule has 2 amide bonds. The van der Waals surface area contributed by atoms with Crippen LogP contribution in [0.1, 0.15) is 33.7 Å². The van der Waals surface area contributed by atoms with Crippen LogP contribution in [0.3, 0.4) is 0 Å². The number of aromatic nitrogens is 4. The molecule has 0 saturated carbocycles. The molecule has 2 aromatic heterocycles. The molecule has 1 unspecified atom stereocenters. The summed E-state index contributed by atoms with van der Waals surface area (Å²) >= 11 is 0. The van der Waals surface area contributed by atoms with Crippen molar-refractivity contribution in [2.75, 3.05) is 25.0 Å². The Morgan fingerprint density at radius 1 is 1.21 bits per heavy atom. The van der Waals surface area contributed by atoms with E-state index < -0.39 is 17.4 Å². The number of benzene rings is 1. The molecule has 0 radical (unpaired) electrons. The molecule has 1 atom stereocenters. The second kappa shape index (κ2) is 8.28. The van der Waals surface area contributed by atoms with Crippen molar-refractivity contribution in [2.24, 2.45) is 5.73 Å². The number of anilines is 1. The second-order valence-corrected chi connectivity index (χ2v) is 8.41. The summed E-state index contributed by atoms with van der Waals surface area (Å²) in [6.45, 7) is 1.53. The number of nitrogens with two attached hydrogens (primary N) is 1. The van der Waals surface area contributed by atoms with E-state index in [1.165, 1.54) is 4.90 Å². The first-order valence-electron chi connectivity index (χ1n) is 10.9. The van der Waals surface area contributed by atoms with Gasteiger partial charge < -0.3 is 20.6 Å². The second-order valence-electron chi connectivity index (χ2n) is 8.41. The molecular formula is C24H23N7O3. The Labute approximate surface area is 196 Å². The molecule has 4 heterocycles. The van der Waals surface area contributed by atoms with Gasteiger partial charge in [0, 0.05) is 56.5 Å². The van der Waals surface area contributed by atoms with Gasteiger partial charge in [0.2, 0.25) is 11.5 Å². The van der Waals surface area contributed by atoms with Crippen molar-refractivity contribution in [3.8, 4) is 17.5 Å². The van der Waals surface area contributed by atoms with Crippen LogP contribution in [-0.4, -0.2) is 67.3 Å². The standard InChI is InChI=1S/C24H23N7O3/c1-29-13-9-24(34,22(29)33)8-6-16-4-2-5-17(14-16)31-19-7-12-30(23-26-10-3-11-27-23)15-18(19)20(28-31)21(25)32/h2-5,10-11,14,34H,7,9,12-13,15H2,1H3,(H2,25,32). The maximum absolute atomic E-state index is 12.2. The number of hydrogen-bond acceptors (Lipinski definition) is 7. The summed E-state index contributed by atoms with van der Waals surface area (Å²) < 4.78 is 1.72. The van der Waals surface area contributed by atoms with Gasteiger partial charge >= 0.3 is 0 Å². The summed E-state index contributed by atoms with van der Waals surface area (Å²) in [7, 11) is 1.64. The van der Waals surface area contributed by atoms with Crippen LogP contribution < -0.4 is 10.6 Å². The molecule has 10 heteroatoms. The van der Waals surface area contributed by atoms with E-state index in [0.717, 1.165) is 11.3 Å². The van der Waals surface area contributed by atoms with Crippen molar-refractivity contribution < 1.29 is 14.7 Å². The third-order valence-electron chi connectivity index (χ3n) is 6.14. The fraction of sp³-hybridized carbons (Fsp3) is 0.292. The number of carbonyl (C=O) groups excluding carboxylic acids is 2. The van der Waals surface area contributed by atoms with E-state index in [4.69, 9.17) is 5.73 Å². The maximum atomic E-state index is 12.2. The summed E-state index contributed by atoms with van der Waals surface area (Å²) in [6, 6.07) is 9.03. The predicted molar refractivity (Wildman–Crippen MR) is 123 cm³/mol. The minimum atomic E-state index is -1.67. The molecule has 34 heavy (non-hydrogen) atoms. The van der Waals surface area contributed by atoms with Gasteiger partial charge in [0.15, 0.2) is 5.69 Å². The van der Waals surface area contributed by atoms with E-state index in [1.54, 1.807) is 36.3 Å². The highest BCUT2D eigenvalue weighted by atomic mass is 16.3. The van der Waals surface area contributed by atoms with E-state index >= 15 is 0 Å². The zero-order valence-electron chi connectivity index (χ0n) is 18.6. The summed E-state index contributed by atoms with van der Waals surface area (Å²) in [5.41, 5.74) is 7.15. The predicted octanol–water partition coefficient (Wildman–Crippen LogP) is 0.269. The number of nitrogens with zero attached hydrogens (tertiary/aromatic N) is 6. The highest BCUT2D eigenvalue weighted by molar-refractivity contribution is 5.93. The highest BCUT2D eigenvalue weighted by Gasteiger charge is 2.42. The number of likely N-dealkylation sites (tertiary alicyclic amines) is 1. The van der Waals surface area contributed by atoms with E-state index in [1.807, 2.05) is 23.1 Å². The largest absolute Gasteiger partial charge is 0.369 e. The Hall–Kier alpha value is -4.23.